The van der Waals surface area contributed by atoms with Crippen LogP contribution >= 0.6 is 0 Å². The molecule has 0 heterocycles. The molecule has 2 unspecified atom stereocenters. The van der Waals surface area contributed by atoms with Gasteiger partial charge in [-0.3, -0.25) is 4.79 Å². The van der Waals surface area contributed by atoms with Gasteiger partial charge in [0.2, 0.25) is 0 Å². The molecule has 0 radical (unpaired) electrons. The summed E-state index contributed by atoms with van der Waals surface area (Å²) < 4.78 is 15.8. The zero-order valence-corrected chi connectivity index (χ0v) is 11.8. The van der Waals surface area contributed by atoms with E-state index in [4.69, 9.17) is 14.2 Å². The van der Waals surface area contributed by atoms with Gasteiger partial charge in [-0.25, -0.2) is 0 Å². The van der Waals surface area contributed by atoms with Crippen molar-refractivity contribution >= 4 is 5.97 Å². The molecule has 0 aliphatic rings. The Morgan fingerprint density at radius 3 is 2.06 bits per heavy atom. The number of rotatable bonds is 8. The van der Waals surface area contributed by atoms with E-state index in [1.54, 1.807) is 13.0 Å². The van der Waals surface area contributed by atoms with Gasteiger partial charge in [-0.15, -0.1) is 0 Å². The summed E-state index contributed by atoms with van der Waals surface area (Å²) in [5.74, 6) is -0.436. The van der Waals surface area contributed by atoms with E-state index in [0.717, 1.165) is 5.57 Å². The van der Waals surface area contributed by atoms with Crippen LogP contribution in [0.5, 0.6) is 0 Å². The van der Waals surface area contributed by atoms with Gasteiger partial charge < -0.3 is 19.3 Å². The molecule has 5 heteroatoms. The van der Waals surface area contributed by atoms with Crippen LogP contribution in [0.15, 0.2) is 11.6 Å². The predicted molar refractivity (Wildman–Crippen MR) is 68.0 cm³/mol. The van der Waals surface area contributed by atoms with E-state index in [-0.39, 0.29) is 0 Å². The standard InChI is InChI=1S/C13H24O5/c1-6-16-13(17-7-2)9(3)8-12(10(4)14)18-11(5)15/h8,10,12-14H,6-7H2,1-5H3. The van der Waals surface area contributed by atoms with Crippen LogP contribution < -0.4 is 0 Å². The van der Waals surface area contributed by atoms with Crippen molar-refractivity contribution in [3.05, 3.63) is 11.6 Å². The van der Waals surface area contributed by atoms with Crippen LogP contribution in [0.1, 0.15) is 34.6 Å². The van der Waals surface area contributed by atoms with Gasteiger partial charge in [0.05, 0.1) is 6.10 Å². The lowest BCUT2D eigenvalue weighted by atomic mass is 10.1. The number of ether oxygens (including phenoxy) is 3. The summed E-state index contributed by atoms with van der Waals surface area (Å²) in [6.45, 7) is 9.46. The molecule has 0 aromatic carbocycles. The fourth-order valence-electron chi connectivity index (χ4n) is 1.41. The number of esters is 1. The third kappa shape index (κ3) is 6.74. The minimum Gasteiger partial charge on any atom is -0.456 e. The lowest BCUT2D eigenvalue weighted by Crippen LogP contribution is -2.28. The van der Waals surface area contributed by atoms with Gasteiger partial charge in [0.1, 0.15) is 6.10 Å². The van der Waals surface area contributed by atoms with Crippen molar-refractivity contribution in [2.45, 2.75) is 53.1 Å². The Morgan fingerprint density at radius 1 is 1.22 bits per heavy atom. The lowest BCUT2D eigenvalue weighted by Gasteiger charge is -2.21. The summed E-state index contributed by atoms with van der Waals surface area (Å²) in [5, 5.41) is 9.55. The summed E-state index contributed by atoms with van der Waals surface area (Å²) in [6, 6.07) is 0. The molecular weight excluding hydrogens is 236 g/mol. The van der Waals surface area contributed by atoms with Gasteiger partial charge in [-0.1, -0.05) is 0 Å². The summed E-state index contributed by atoms with van der Waals surface area (Å²) in [7, 11) is 0. The van der Waals surface area contributed by atoms with E-state index in [1.165, 1.54) is 6.92 Å². The van der Waals surface area contributed by atoms with Gasteiger partial charge in [0.15, 0.2) is 6.29 Å². The van der Waals surface area contributed by atoms with Crippen molar-refractivity contribution in [3.63, 3.8) is 0 Å². The van der Waals surface area contributed by atoms with Crippen LogP contribution in [0.3, 0.4) is 0 Å². The molecule has 18 heavy (non-hydrogen) atoms. The third-order valence-electron chi connectivity index (χ3n) is 2.21. The number of carbonyl (C=O) groups is 1. The Kier molecular flexibility index (Phi) is 8.62. The van der Waals surface area contributed by atoms with E-state index < -0.39 is 24.5 Å². The zero-order chi connectivity index (χ0) is 14.1. The molecule has 0 bridgehead atoms. The molecule has 0 aliphatic heterocycles. The van der Waals surface area contributed by atoms with E-state index in [1.807, 2.05) is 20.8 Å². The Labute approximate surface area is 109 Å². The van der Waals surface area contributed by atoms with Crippen molar-refractivity contribution in [2.75, 3.05) is 13.2 Å². The van der Waals surface area contributed by atoms with Crippen LogP contribution in [0.2, 0.25) is 0 Å². The van der Waals surface area contributed by atoms with E-state index in [2.05, 4.69) is 0 Å². The summed E-state index contributed by atoms with van der Waals surface area (Å²) in [4.78, 5) is 10.9. The number of aliphatic hydroxyl groups excluding tert-OH is 1. The highest BCUT2D eigenvalue weighted by atomic mass is 16.7. The quantitative estimate of drug-likeness (QED) is 0.408. The van der Waals surface area contributed by atoms with Crippen LogP contribution in [0.25, 0.3) is 0 Å². The van der Waals surface area contributed by atoms with Crippen molar-refractivity contribution in [3.8, 4) is 0 Å². The van der Waals surface area contributed by atoms with Crippen molar-refractivity contribution < 1.29 is 24.1 Å². The molecule has 0 rings (SSSR count). The SMILES string of the molecule is CCOC(OCC)C(C)=CC(OC(C)=O)C(C)O. The molecule has 0 amide bonds. The Hall–Kier alpha value is -0.910. The maximum Gasteiger partial charge on any atom is 0.303 e. The van der Waals surface area contributed by atoms with Crippen LogP contribution in [-0.4, -0.2) is 42.8 Å². The molecule has 106 valence electrons. The van der Waals surface area contributed by atoms with Gasteiger partial charge in [0.25, 0.3) is 0 Å². The average molecular weight is 260 g/mol. The third-order valence-corrected chi connectivity index (χ3v) is 2.21. The van der Waals surface area contributed by atoms with Gasteiger partial charge in [-0.05, 0) is 39.3 Å². The number of hydrogen-bond donors (Lipinski definition) is 1. The minimum atomic E-state index is -0.784. The van der Waals surface area contributed by atoms with Crippen LogP contribution in [-0.2, 0) is 19.0 Å². The monoisotopic (exact) mass is 260 g/mol. The first-order valence-electron chi connectivity index (χ1n) is 6.19. The minimum absolute atomic E-state index is 0.436. The molecule has 1 N–H and O–H groups in total. The number of aliphatic hydroxyl groups is 1. The largest absolute Gasteiger partial charge is 0.456 e. The summed E-state index contributed by atoms with van der Waals surface area (Å²) in [6.07, 6.45) is -0.294. The second-order valence-electron chi connectivity index (χ2n) is 3.97. The molecule has 0 fully saturated rings. The van der Waals surface area contributed by atoms with Crippen molar-refractivity contribution in [1.82, 2.24) is 0 Å². The highest BCUT2D eigenvalue weighted by molar-refractivity contribution is 5.66. The maximum absolute atomic E-state index is 10.9. The topological polar surface area (TPSA) is 65.0 Å². The Morgan fingerprint density at radius 2 is 1.72 bits per heavy atom. The van der Waals surface area contributed by atoms with Gasteiger partial charge in [-0.2, -0.15) is 0 Å². The normalized spacial score (nSPS) is 15.6. The number of carbonyl (C=O) groups excluding carboxylic acids is 1. The molecule has 0 saturated heterocycles. The second-order valence-corrected chi connectivity index (χ2v) is 3.97. The second kappa shape index (κ2) is 9.08. The maximum atomic E-state index is 10.9. The smallest absolute Gasteiger partial charge is 0.303 e. The summed E-state index contributed by atoms with van der Waals surface area (Å²) >= 11 is 0. The van der Waals surface area contributed by atoms with Crippen molar-refractivity contribution in [2.24, 2.45) is 0 Å². The van der Waals surface area contributed by atoms with Crippen LogP contribution in [0.4, 0.5) is 0 Å². The Bertz CT molecular complexity index is 267. The first-order chi connectivity index (χ1) is 8.42. The number of hydrogen-bond acceptors (Lipinski definition) is 5. The first kappa shape index (κ1) is 17.1. The molecule has 0 aromatic heterocycles. The fraction of sp³-hybridized carbons (Fsp3) is 0.769. The molecule has 0 aromatic rings. The van der Waals surface area contributed by atoms with Gasteiger partial charge in [0, 0.05) is 20.1 Å². The molecule has 0 spiro atoms. The average Bonchev–Trinajstić information content (AvgIpc) is 2.27. The van der Waals surface area contributed by atoms with E-state index in [0.29, 0.717) is 13.2 Å². The predicted octanol–water partition coefficient (Wildman–Crippen LogP) is 1.64. The highest BCUT2D eigenvalue weighted by Gasteiger charge is 2.19. The van der Waals surface area contributed by atoms with Crippen LogP contribution in [0, 0.1) is 0 Å². The molecule has 0 saturated carbocycles. The molecule has 2 atom stereocenters. The zero-order valence-electron chi connectivity index (χ0n) is 11.8. The lowest BCUT2D eigenvalue weighted by molar-refractivity contribution is -0.148. The molecule has 5 nitrogen and oxygen atoms in total. The molecule has 0 aliphatic carbocycles. The van der Waals surface area contributed by atoms with Gasteiger partial charge >= 0.3 is 5.97 Å². The highest BCUT2D eigenvalue weighted by Crippen LogP contribution is 2.12. The van der Waals surface area contributed by atoms with E-state index in [9.17, 15) is 9.90 Å². The molecular formula is C13H24O5. The van der Waals surface area contributed by atoms with Crippen molar-refractivity contribution in [1.29, 1.82) is 0 Å². The van der Waals surface area contributed by atoms with E-state index >= 15 is 0 Å². The fourth-order valence-corrected chi connectivity index (χ4v) is 1.41. The first-order valence-corrected chi connectivity index (χ1v) is 6.19. The Balaban J connectivity index is 4.78. The summed E-state index contributed by atoms with van der Waals surface area (Å²) in [5.41, 5.74) is 0.769.